The lowest BCUT2D eigenvalue weighted by molar-refractivity contribution is 0.223. The zero-order valence-corrected chi connectivity index (χ0v) is 12.3. The molecule has 2 aromatic rings. The Morgan fingerprint density at radius 2 is 1.86 bits per heavy atom. The molecule has 1 aromatic heterocycles. The minimum atomic E-state index is -0.632. The number of rotatable bonds is 6. The quantitative estimate of drug-likeness (QED) is 0.476. The van der Waals surface area contributed by atoms with Crippen LogP contribution in [-0.4, -0.2) is 21.7 Å². The Hall–Kier alpha value is -2.18. The summed E-state index contributed by atoms with van der Waals surface area (Å²) in [5.41, 5.74) is 2.88. The number of aliphatic hydroxyl groups excluding tert-OH is 1. The van der Waals surface area contributed by atoms with Crippen molar-refractivity contribution in [3.8, 4) is 0 Å². The minimum absolute atomic E-state index is 0.0616. The summed E-state index contributed by atoms with van der Waals surface area (Å²) >= 11 is 0. The predicted molar refractivity (Wildman–Crippen MR) is 83.7 cm³/mol. The van der Waals surface area contributed by atoms with E-state index in [9.17, 15) is 5.11 Å². The lowest BCUT2D eigenvalue weighted by atomic mass is 9.93. The highest BCUT2D eigenvalue weighted by atomic mass is 16.3. The van der Waals surface area contributed by atoms with Crippen LogP contribution in [0.2, 0.25) is 0 Å². The summed E-state index contributed by atoms with van der Waals surface area (Å²) in [5.74, 6) is 7.27. The second kappa shape index (κ2) is 6.51. The highest BCUT2D eigenvalue weighted by molar-refractivity contribution is 5.49. The van der Waals surface area contributed by atoms with Gasteiger partial charge >= 0.3 is 0 Å². The van der Waals surface area contributed by atoms with Crippen LogP contribution in [0, 0.1) is 0 Å². The second-order valence-corrected chi connectivity index (χ2v) is 5.03. The van der Waals surface area contributed by atoms with Crippen LogP contribution in [0.1, 0.15) is 25.2 Å². The molecule has 1 atom stereocenters. The number of hydrazine groups is 1. The van der Waals surface area contributed by atoms with Gasteiger partial charge in [0.15, 0.2) is 0 Å². The topological polar surface area (TPSA) is 96.1 Å². The average molecular weight is 287 g/mol. The summed E-state index contributed by atoms with van der Waals surface area (Å²) < 4.78 is 0. The van der Waals surface area contributed by atoms with E-state index in [1.165, 1.54) is 0 Å². The highest BCUT2D eigenvalue weighted by Gasteiger charge is 2.26. The number of aliphatic hydroxyl groups is 1. The summed E-state index contributed by atoms with van der Waals surface area (Å²) in [5, 5.41) is 13.1. The summed E-state index contributed by atoms with van der Waals surface area (Å²) in [6, 6.07) is 11.5. The Balaban J connectivity index is 2.34. The number of anilines is 2. The van der Waals surface area contributed by atoms with Crippen LogP contribution < -0.4 is 16.6 Å². The molecule has 1 heterocycles. The molecule has 0 amide bonds. The molecule has 5 N–H and O–H groups in total. The maximum absolute atomic E-state index is 9.81. The molecule has 0 saturated carbocycles. The fraction of sp³-hybridized carbons (Fsp3) is 0.333. The fourth-order valence-electron chi connectivity index (χ4n) is 2.08. The molecule has 6 nitrogen and oxygen atoms in total. The lowest BCUT2D eigenvalue weighted by Gasteiger charge is -2.30. The van der Waals surface area contributed by atoms with Gasteiger partial charge in [0.2, 0.25) is 0 Å². The molecule has 1 unspecified atom stereocenters. The molecule has 6 heteroatoms. The van der Waals surface area contributed by atoms with E-state index in [0.29, 0.717) is 23.9 Å². The van der Waals surface area contributed by atoms with E-state index in [1.807, 2.05) is 44.2 Å². The number of aromatic nitrogens is 2. The van der Waals surface area contributed by atoms with Gasteiger partial charge < -0.3 is 15.8 Å². The Labute approximate surface area is 124 Å². The zero-order valence-electron chi connectivity index (χ0n) is 12.3. The molecule has 0 spiro atoms. The van der Waals surface area contributed by atoms with E-state index in [1.54, 1.807) is 6.07 Å². The number of nitrogens with two attached hydrogens (primary N) is 1. The first-order valence-electron chi connectivity index (χ1n) is 6.90. The van der Waals surface area contributed by atoms with Crippen molar-refractivity contribution in [1.82, 2.24) is 9.97 Å². The monoisotopic (exact) mass is 287 g/mol. The van der Waals surface area contributed by atoms with E-state index < -0.39 is 5.54 Å². The molecular weight excluding hydrogens is 266 g/mol. The average Bonchev–Trinajstić information content (AvgIpc) is 2.55. The molecule has 2 rings (SSSR count). The number of nitrogens with one attached hydrogen (secondary N) is 2. The third kappa shape index (κ3) is 3.48. The summed E-state index contributed by atoms with van der Waals surface area (Å²) in [4.78, 5) is 8.68. The first-order valence-corrected chi connectivity index (χ1v) is 6.90. The van der Waals surface area contributed by atoms with Crippen LogP contribution in [0.5, 0.6) is 0 Å². The molecule has 0 saturated heterocycles. The van der Waals surface area contributed by atoms with Crippen LogP contribution >= 0.6 is 0 Å². The van der Waals surface area contributed by atoms with Gasteiger partial charge in [-0.1, -0.05) is 37.3 Å². The summed E-state index contributed by atoms with van der Waals surface area (Å²) in [6.07, 6.45) is 0.700. The molecule has 0 aliphatic heterocycles. The number of nitrogens with zero attached hydrogens (tertiary/aromatic N) is 2. The van der Waals surface area contributed by atoms with Crippen LogP contribution in [0.4, 0.5) is 11.6 Å². The van der Waals surface area contributed by atoms with E-state index in [0.717, 1.165) is 5.56 Å². The Kier molecular flexibility index (Phi) is 4.72. The Bertz CT molecular complexity index is 568. The molecular formula is C15H21N5O. The van der Waals surface area contributed by atoms with E-state index >= 15 is 0 Å². The van der Waals surface area contributed by atoms with E-state index in [-0.39, 0.29) is 6.61 Å². The largest absolute Gasteiger partial charge is 0.394 e. The minimum Gasteiger partial charge on any atom is -0.394 e. The maximum Gasteiger partial charge on any atom is 0.145 e. The van der Waals surface area contributed by atoms with Gasteiger partial charge in [0.05, 0.1) is 12.1 Å². The van der Waals surface area contributed by atoms with Gasteiger partial charge in [-0.05, 0) is 12.5 Å². The van der Waals surface area contributed by atoms with Crippen molar-refractivity contribution in [2.45, 2.75) is 25.8 Å². The molecule has 0 radical (unpaired) electrons. The zero-order chi connectivity index (χ0) is 15.3. The van der Waals surface area contributed by atoms with Crippen molar-refractivity contribution >= 4 is 11.6 Å². The fourth-order valence-corrected chi connectivity index (χ4v) is 2.08. The van der Waals surface area contributed by atoms with Gasteiger partial charge in [-0.2, -0.15) is 0 Å². The smallest absolute Gasteiger partial charge is 0.145 e. The molecule has 0 fully saturated rings. The third-order valence-electron chi connectivity index (χ3n) is 3.37. The number of hydrogen-bond acceptors (Lipinski definition) is 6. The van der Waals surface area contributed by atoms with E-state index in [2.05, 4.69) is 20.7 Å². The number of nitrogen functional groups attached to an aromatic ring is 1. The Morgan fingerprint density at radius 3 is 2.43 bits per heavy atom. The van der Waals surface area contributed by atoms with Crippen LogP contribution in [0.25, 0.3) is 0 Å². The van der Waals surface area contributed by atoms with Crippen molar-refractivity contribution in [1.29, 1.82) is 0 Å². The molecule has 21 heavy (non-hydrogen) atoms. The van der Waals surface area contributed by atoms with Crippen molar-refractivity contribution in [2.24, 2.45) is 5.84 Å². The second-order valence-electron chi connectivity index (χ2n) is 5.03. The van der Waals surface area contributed by atoms with Crippen molar-refractivity contribution < 1.29 is 5.11 Å². The summed E-state index contributed by atoms with van der Waals surface area (Å²) in [6.45, 7) is 3.83. The van der Waals surface area contributed by atoms with Crippen molar-refractivity contribution in [3.63, 3.8) is 0 Å². The van der Waals surface area contributed by atoms with Crippen LogP contribution in [0.3, 0.4) is 0 Å². The summed E-state index contributed by atoms with van der Waals surface area (Å²) in [7, 11) is 0. The first-order chi connectivity index (χ1) is 10.1. The van der Waals surface area contributed by atoms with Gasteiger partial charge in [-0.25, -0.2) is 15.8 Å². The number of benzene rings is 1. The normalized spacial score (nSPS) is 13.5. The highest BCUT2D eigenvalue weighted by Crippen LogP contribution is 2.25. The van der Waals surface area contributed by atoms with Gasteiger partial charge in [0, 0.05) is 12.5 Å². The first kappa shape index (κ1) is 15.2. The standard InChI is InChI=1S/C15H21N5O/c1-3-12-17-13(9-14(18-12)20-16)19-15(2,10-21)11-7-5-4-6-8-11/h4-9,21H,3,10,16H2,1-2H3,(H2,17,18,19,20). The van der Waals surface area contributed by atoms with Crippen molar-refractivity contribution in [2.75, 3.05) is 17.3 Å². The molecule has 1 aromatic carbocycles. The van der Waals surface area contributed by atoms with Crippen LogP contribution in [-0.2, 0) is 12.0 Å². The third-order valence-corrected chi connectivity index (χ3v) is 3.37. The van der Waals surface area contributed by atoms with Crippen molar-refractivity contribution in [3.05, 3.63) is 47.8 Å². The number of hydrogen-bond donors (Lipinski definition) is 4. The van der Waals surface area contributed by atoms with Gasteiger partial charge in [0.25, 0.3) is 0 Å². The van der Waals surface area contributed by atoms with E-state index in [4.69, 9.17) is 5.84 Å². The Morgan fingerprint density at radius 1 is 1.19 bits per heavy atom. The molecule has 112 valence electrons. The van der Waals surface area contributed by atoms with Crippen LogP contribution in [0.15, 0.2) is 36.4 Å². The maximum atomic E-state index is 9.81. The van der Waals surface area contributed by atoms with Gasteiger partial charge in [-0.3, -0.25) is 0 Å². The number of aryl methyl sites for hydroxylation is 1. The van der Waals surface area contributed by atoms with Gasteiger partial charge in [-0.15, -0.1) is 0 Å². The molecule has 0 aliphatic rings. The lowest BCUT2D eigenvalue weighted by Crippen LogP contribution is -2.36. The SMILES string of the molecule is CCc1nc(NN)cc(NC(C)(CO)c2ccccc2)n1. The molecule has 0 bridgehead atoms. The van der Waals surface area contributed by atoms with Gasteiger partial charge in [0.1, 0.15) is 17.5 Å². The molecule has 0 aliphatic carbocycles. The predicted octanol–water partition coefficient (Wildman–Crippen LogP) is 1.64.